The summed E-state index contributed by atoms with van der Waals surface area (Å²) in [7, 11) is 1.81. The zero-order chi connectivity index (χ0) is 12.4. The summed E-state index contributed by atoms with van der Waals surface area (Å²) < 4.78 is 11.0. The van der Waals surface area contributed by atoms with Crippen LogP contribution in [0.25, 0.3) is 11.3 Å². The molecule has 0 saturated heterocycles. The maximum absolute atomic E-state index is 5.54. The predicted octanol–water partition coefficient (Wildman–Crippen LogP) is 1.96. The number of nitrogens with one attached hydrogen (secondary N) is 1. The second kappa shape index (κ2) is 4.52. The largest absolute Gasteiger partial charge is 0.486 e. The molecule has 0 radical (unpaired) electrons. The number of anilines is 1. The van der Waals surface area contributed by atoms with Gasteiger partial charge < -0.3 is 14.8 Å². The molecule has 1 N–H and O–H groups in total. The van der Waals surface area contributed by atoms with Crippen LogP contribution >= 0.6 is 0 Å². The molecule has 3 rings (SSSR count). The Kier molecular flexibility index (Phi) is 2.72. The van der Waals surface area contributed by atoms with Crippen LogP contribution in [0.3, 0.4) is 0 Å². The van der Waals surface area contributed by atoms with Crippen LogP contribution in [0.2, 0.25) is 0 Å². The summed E-state index contributed by atoms with van der Waals surface area (Å²) >= 11 is 0. The second-order valence-corrected chi connectivity index (χ2v) is 3.91. The van der Waals surface area contributed by atoms with Gasteiger partial charge in [-0.2, -0.15) is 0 Å². The molecular formula is C13H13N3O2. The molecule has 0 bridgehead atoms. The first-order valence-corrected chi connectivity index (χ1v) is 5.78. The van der Waals surface area contributed by atoms with E-state index in [0.717, 1.165) is 28.6 Å². The van der Waals surface area contributed by atoms with Gasteiger partial charge in [-0.15, -0.1) is 10.2 Å². The summed E-state index contributed by atoms with van der Waals surface area (Å²) in [4.78, 5) is 0. The zero-order valence-corrected chi connectivity index (χ0v) is 10.0. The smallest absolute Gasteiger partial charge is 0.162 e. The number of benzene rings is 1. The number of fused-ring (bicyclic) bond motifs is 1. The Bertz CT molecular complexity index is 555. The predicted molar refractivity (Wildman–Crippen MR) is 68.0 cm³/mol. The normalized spacial score (nSPS) is 13.2. The first-order chi connectivity index (χ1) is 8.86. The van der Waals surface area contributed by atoms with Crippen LogP contribution < -0.4 is 14.8 Å². The monoisotopic (exact) mass is 243 g/mol. The van der Waals surface area contributed by atoms with Crippen molar-refractivity contribution in [1.82, 2.24) is 10.2 Å². The van der Waals surface area contributed by atoms with E-state index in [0.29, 0.717) is 13.2 Å². The molecule has 1 aromatic carbocycles. The van der Waals surface area contributed by atoms with E-state index in [4.69, 9.17) is 9.47 Å². The minimum absolute atomic E-state index is 0.584. The quantitative estimate of drug-likeness (QED) is 0.873. The highest BCUT2D eigenvalue weighted by atomic mass is 16.6. The highest BCUT2D eigenvalue weighted by Crippen LogP contribution is 2.33. The molecule has 5 nitrogen and oxygen atoms in total. The fourth-order valence-electron chi connectivity index (χ4n) is 1.82. The van der Waals surface area contributed by atoms with E-state index in [1.165, 1.54) is 0 Å². The molecule has 0 unspecified atom stereocenters. The summed E-state index contributed by atoms with van der Waals surface area (Å²) in [6.07, 6.45) is 0. The van der Waals surface area contributed by atoms with Crippen molar-refractivity contribution < 1.29 is 9.47 Å². The minimum Gasteiger partial charge on any atom is -0.486 e. The summed E-state index contributed by atoms with van der Waals surface area (Å²) in [5, 5.41) is 11.1. The lowest BCUT2D eigenvalue weighted by molar-refractivity contribution is 0.171. The van der Waals surface area contributed by atoms with Gasteiger partial charge in [-0.25, -0.2) is 0 Å². The Morgan fingerprint density at radius 3 is 2.56 bits per heavy atom. The number of rotatable bonds is 2. The van der Waals surface area contributed by atoms with Crippen molar-refractivity contribution >= 4 is 5.82 Å². The van der Waals surface area contributed by atoms with Crippen molar-refractivity contribution in [2.75, 3.05) is 25.6 Å². The molecule has 92 valence electrons. The average molecular weight is 243 g/mol. The van der Waals surface area contributed by atoms with Crippen LogP contribution in [0.4, 0.5) is 5.82 Å². The Morgan fingerprint density at radius 2 is 1.83 bits per heavy atom. The van der Waals surface area contributed by atoms with E-state index in [1.54, 1.807) is 0 Å². The van der Waals surface area contributed by atoms with Gasteiger partial charge in [0.05, 0.1) is 5.69 Å². The van der Waals surface area contributed by atoms with Gasteiger partial charge in [0.15, 0.2) is 11.5 Å². The molecule has 5 heteroatoms. The molecule has 1 aromatic heterocycles. The van der Waals surface area contributed by atoms with Crippen LogP contribution in [0.15, 0.2) is 30.3 Å². The molecule has 18 heavy (non-hydrogen) atoms. The number of hydrogen-bond acceptors (Lipinski definition) is 5. The lowest BCUT2D eigenvalue weighted by Gasteiger charge is -2.18. The van der Waals surface area contributed by atoms with Crippen LogP contribution in [0.1, 0.15) is 0 Å². The van der Waals surface area contributed by atoms with Crippen molar-refractivity contribution in [2.45, 2.75) is 0 Å². The molecule has 0 aliphatic carbocycles. The lowest BCUT2D eigenvalue weighted by atomic mass is 10.1. The fraction of sp³-hybridized carbons (Fsp3) is 0.231. The number of ether oxygens (including phenoxy) is 2. The highest BCUT2D eigenvalue weighted by Gasteiger charge is 2.12. The van der Waals surface area contributed by atoms with E-state index < -0.39 is 0 Å². The van der Waals surface area contributed by atoms with E-state index >= 15 is 0 Å². The average Bonchev–Trinajstić information content (AvgIpc) is 2.47. The second-order valence-electron chi connectivity index (χ2n) is 3.91. The molecule has 0 atom stereocenters. The summed E-state index contributed by atoms with van der Waals surface area (Å²) in [5.41, 5.74) is 1.78. The molecule has 0 amide bonds. The van der Waals surface area contributed by atoms with Crippen LogP contribution in [0.5, 0.6) is 11.5 Å². The third-order valence-corrected chi connectivity index (χ3v) is 2.76. The Morgan fingerprint density at radius 1 is 1.00 bits per heavy atom. The van der Waals surface area contributed by atoms with Crippen LogP contribution in [0, 0.1) is 0 Å². The highest BCUT2D eigenvalue weighted by molar-refractivity contribution is 5.64. The molecule has 2 aromatic rings. The van der Waals surface area contributed by atoms with Gasteiger partial charge >= 0.3 is 0 Å². The first kappa shape index (κ1) is 10.8. The molecule has 0 saturated carbocycles. The molecule has 0 fully saturated rings. The Labute approximate surface area is 105 Å². The molecular weight excluding hydrogens is 230 g/mol. The van der Waals surface area contributed by atoms with Gasteiger partial charge in [-0.1, -0.05) is 0 Å². The number of hydrogen-bond donors (Lipinski definition) is 1. The fourth-order valence-corrected chi connectivity index (χ4v) is 1.82. The Hall–Kier alpha value is -2.30. The first-order valence-electron chi connectivity index (χ1n) is 5.78. The van der Waals surface area contributed by atoms with Crippen LogP contribution in [-0.2, 0) is 0 Å². The van der Waals surface area contributed by atoms with E-state index in [1.807, 2.05) is 37.4 Å². The van der Waals surface area contributed by atoms with Gasteiger partial charge in [-0.3, -0.25) is 0 Å². The summed E-state index contributed by atoms with van der Waals surface area (Å²) in [5.74, 6) is 2.29. The number of aromatic nitrogens is 2. The molecule has 2 heterocycles. The van der Waals surface area contributed by atoms with Crippen molar-refractivity contribution in [2.24, 2.45) is 0 Å². The minimum atomic E-state index is 0.584. The maximum Gasteiger partial charge on any atom is 0.162 e. The third kappa shape index (κ3) is 1.95. The van der Waals surface area contributed by atoms with Gasteiger partial charge in [0.2, 0.25) is 0 Å². The van der Waals surface area contributed by atoms with Gasteiger partial charge in [0.1, 0.15) is 19.0 Å². The van der Waals surface area contributed by atoms with Crippen molar-refractivity contribution in [3.05, 3.63) is 30.3 Å². The molecule has 1 aliphatic heterocycles. The third-order valence-electron chi connectivity index (χ3n) is 2.76. The molecule has 0 spiro atoms. The Balaban J connectivity index is 1.95. The lowest BCUT2D eigenvalue weighted by Crippen LogP contribution is -2.15. The van der Waals surface area contributed by atoms with Crippen LogP contribution in [-0.4, -0.2) is 30.5 Å². The van der Waals surface area contributed by atoms with Crippen molar-refractivity contribution in [3.63, 3.8) is 0 Å². The standard InChI is InChI=1S/C13H13N3O2/c1-14-13-5-3-10(15-16-13)9-2-4-11-12(8-9)18-7-6-17-11/h2-5,8H,6-7H2,1H3,(H,14,16). The van der Waals surface area contributed by atoms with Crippen molar-refractivity contribution in [1.29, 1.82) is 0 Å². The summed E-state index contributed by atoms with van der Waals surface area (Å²) in [6.45, 7) is 1.18. The van der Waals surface area contributed by atoms with E-state index in [2.05, 4.69) is 15.5 Å². The topological polar surface area (TPSA) is 56.3 Å². The van der Waals surface area contributed by atoms with Gasteiger partial charge in [-0.05, 0) is 30.3 Å². The molecule has 1 aliphatic rings. The SMILES string of the molecule is CNc1ccc(-c2ccc3c(c2)OCCO3)nn1. The van der Waals surface area contributed by atoms with Crippen molar-refractivity contribution in [3.8, 4) is 22.8 Å². The summed E-state index contributed by atoms with van der Waals surface area (Å²) in [6, 6.07) is 9.59. The van der Waals surface area contributed by atoms with Gasteiger partial charge in [0.25, 0.3) is 0 Å². The van der Waals surface area contributed by atoms with Gasteiger partial charge in [0, 0.05) is 12.6 Å². The van der Waals surface area contributed by atoms with E-state index in [9.17, 15) is 0 Å². The maximum atomic E-state index is 5.54. The van der Waals surface area contributed by atoms with E-state index in [-0.39, 0.29) is 0 Å². The number of nitrogens with zero attached hydrogens (tertiary/aromatic N) is 2. The zero-order valence-electron chi connectivity index (χ0n) is 10.0.